The first-order valence-electron chi connectivity index (χ1n) is 6.86. The van der Waals surface area contributed by atoms with Crippen LogP contribution in [-0.4, -0.2) is 40.6 Å². The van der Waals surface area contributed by atoms with Gasteiger partial charge < -0.3 is 14.7 Å². The Morgan fingerprint density at radius 3 is 2.86 bits per heavy atom. The van der Waals surface area contributed by atoms with Gasteiger partial charge in [0, 0.05) is 6.54 Å². The molecule has 0 radical (unpaired) electrons. The van der Waals surface area contributed by atoms with Crippen molar-refractivity contribution in [1.29, 1.82) is 0 Å². The summed E-state index contributed by atoms with van der Waals surface area (Å²) >= 11 is 6.04. The van der Waals surface area contributed by atoms with Gasteiger partial charge in [0.1, 0.15) is 11.8 Å². The topological polar surface area (TPSA) is 66.8 Å². The summed E-state index contributed by atoms with van der Waals surface area (Å²) < 4.78 is 5.61. The standard InChI is InChI=1S/C15H18ClNO4/c1-9-5-6-11(16)13(8-9)21-10(2)14(18)17-7-3-4-12(17)15(19)20/h5-6,8,10,12H,3-4,7H2,1-2H3,(H,19,20)/t10?,12-/m1/s1. The van der Waals surface area contributed by atoms with Crippen molar-refractivity contribution in [2.75, 3.05) is 6.54 Å². The molecular weight excluding hydrogens is 294 g/mol. The molecule has 0 saturated carbocycles. The molecule has 2 atom stereocenters. The number of amides is 1. The van der Waals surface area contributed by atoms with Crippen LogP contribution in [-0.2, 0) is 9.59 Å². The Bertz CT molecular complexity index is 561. The van der Waals surface area contributed by atoms with Crippen molar-refractivity contribution in [1.82, 2.24) is 4.90 Å². The van der Waals surface area contributed by atoms with Crippen molar-refractivity contribution in [2.24, 2.45) is 0 Å². The molecule has 1 aromatic rings. The summed E-state index contributed by atoms with van der Waals surface area (Å²) in [5.74, 6) is -0.859. The van der Waals surface area contributed by atoms with E-state index in [1.165, 1.54) is 4.90 Å². The number of aryl methyl sites for hydroxylation is 1. The van der Waals surface area contributed by atoms with Gasteiger partial charge in [-0.05, 0) is 44.4 Å². The van der Waals surface area contributed by atoms with Gasteiger partial charge in [0.2, 0.25) is 0 Å². The second-order valence-corrected chi connectivity index (χ2v) is 5.63. The van der Waals surface area contributed by atoms with E-state index in [2.05, 4.69) is 0 Å². The highest BCUT2D eigenvalue weighted by Gasteiger charge is 2.36. The molecule has 1 aliphatic heterocycles. The number of aliphatic carboxylic acids is 1. The number of halogens is 1. The van der Waals surface area contributed by atoms with E-state index in [0.29, 0.717) is 30.2 Å². The third kappa shape index (κ3) is 3.47. The third-order valence-corrected chi connectivity index (χ3v) is 3.87. The smallest absolute Gasteiger partial charge is 0.326 e. The zero-order valence-corrected chi connectivity index (χ0v) is 12.8. The molecule has 1 unspecified atom stereocenters. The highest BCUT2D eigenvalue weighted by Crippen LogP contribution is 2.27. The number of carbonyl (C=O) groups is 2. The van der Waals surface area contributed by atoms with E-state index in [-0.39, 0.29) is 5.91 Å². The number of nitrogens with zero attached hydrogens (tertiary/aromatic N) is 1. The SMILES string of the molecule is Cc1ccc(Cl)c(OC(C)C(=O)N2CCC[C@@H]2C(=O)O)c1. The molecule has 0 spiro atoms. The number of hydrogen-bond acceptors (Lipinski definition) is 3. The minimum atomic E-state index is -0.971. The van der Waals surface area contributed by atoms with Crippen LogP contribution in [0.3, 0.4) is 0 Å². The summed E-state index contributed by atoms with van der Waals surface area (Å²) in [6.07, 6.45) is 0.406. The second kappa shape index (κ2) is 6.35. The average molecular weight is 312 g/mol. The fourth-order valence-electron chi connectivity index (χ4n) is 2.46. The van der Waals surface area contributed by atoms with E-state index in [4.69, 9.17) is 21.4 Å². The zero-order chi connectivity index (χ0) is 15.6. The van der Waals surface area contributed by atoms with Crippen LogP contribution in [0.25, 0.3) is 0 Å². The van der Waals surface area contributed by atoms with Gasteiger partial charge in [-0.25, -0.2) is 4.79 Å². The van der Waals surface area contributed by atoms with Crippen molar-refractivity contribution >= 4 is 23.5 Å². The number of likely N-dealkylation sites (tertiary alicyclic amines) is 1. The lowest BCUT2D eigenvalue weighted by atomic mass is 10.2. The molecule has 1 N–H and O–H groups in total. The first-order chi connectivity index (χ1) is 9.90. The molecule has 0 bridgehead atoms. The minimum Gasteiger partial charge on any atom is -0.480 e. The normalized spacial score (nSPS) is 19.4. The van der Waals surface area contributed by atoms with E-state index in [9.17, 15) is 9.59 Å². The van der Waals surface area contributed by atoms with Crippen LogP contribution in [0.4, 0.5) is 0 Å². The second-order valence-electron chi connectivity index (χ2n) is 5.22. The number of hydrogen-bond donors (Lipinski definition) is 1. The minimum absolute atomic E-state index is 0.322. The summed E-state index contributed by atoms with van der Waals surface area (Å²) in [5, 5.41) is 9.56. The van der Waals surface area contributed by atoms with Crippen LogP contribution in [0, 0.1) is 6.92 Å². The van der Waals surface area contributed by atoms with Crippen molar-refractivity contribution in [3.05, 3.63) is 28.8 Å². The number of rotatable bonds is 4. The molecule has 0 aliphatic carbocycles. The molecule has 21 heavy (non-hydrogen) atoms. The summed E-state index contributed by atoms with van der Waals surface area (Å²) in [5.41, 5.74) is 0.971. The van der Waals surface area contributed by atoms with Crippen molar-refractivity contribution in [3.63, 3.8) is 0 Å². The molecule has 2 rings (SSSR count). The van der Waals surface area contributed by atoms with Crippen LogP contribution in [0.2, 0.25) is 5.02 Å². The summed E-state index contributed by atoms with van der Waals surface area (Å²) in [7, 11) is 0. The van der Waals surface area contributed by atoms with Gasteiger partial charge in [-0.1, -0.05) is 17.7 Å². The van der Waals surface area contributed by atoms with Gasteiger partial charge in [-0.3, -0.25) is 4.79 Å². The Morgan fingerprint density at radius 1 is 1.48 bits per heavy atom. The molecule has 0 aromatic heterocycles. The Hall–Kier alpha value is -1.75. The van der Waals surface area contributed by atoms with Crippen molar-refractivity contribution < 1.29 is 19.4 Å². The lowest BCUT2D eigenvalue weighted by Gasteiger charge is -2.25. The molecular formula is C15H18ClNO4. The van der Waals surface area contributed by atoms with Crippen molar-refractivity contribution in [3.8, 4) is 5.75 Å². The van der Waals surface area contributed by atoms with Gasteiger partial charge in [0.25, 0.3) is 5.91 Å². The van der Waals surface area contributed by atoms with E-state index in [0.717, 1.165) is 5.56 Å². The molecule has 1 saturated heterocycles. The van der Waals surface area contributed by atoms with Gasteiger partial charge in [0.05, 0.1) is 5.02 Å². The highest BCUT2D eigenvalue weighted by atomic mass is 35.5. The third-order valence-electron chi connectivity index (χ3n) is 3.56. The maximum absolute atomic E-state index is 12.4. The van der Waals surface area contributed by atoms with Crippen LogP contribution in [0.1, 0.15) is 25.3 Å². The maximum Gasteiger partial charge on any atom is 0.326 e. The Labute approximate surface area is 128 Å². The predicted octanol–water partition coefficient (Wildman–Crippen LogP) is 2.49. The first kappa shape index (κ1) is 15.6. The number of carbonyl (C=O) groups excluding carboxylic acids is 1. The first-order valence-corrected chi connectivity index (χ1v) is 7.24. The van der Waals surface area contributed by atoms with Crippen LogP contribution >= 0.6 is 11.6 Å². The van der Waals surface area contributed by atoms with Gasteiger partial charge in [-0.2, -0.15) is 0 Å². The quantitative estimate of drug-likeness (QED) is 0.927. The molecule has 1 heterocycles. The molecule has 6 heteroatoms. The number of carboxylic acids is 1. The molecule has 1 aliphatic rings. The van der Waals surface area contributed by atoms with Gasteiger partial charge >= 0.3 is 5.97 Å². The van der Waals surface area contributed by atoms with E-state index in [1.54, 1.807) is 19.1 Å². The Balaban J connectivity index is 2.09. The largest absolute Gasteiger partial charge is 0.480 e. The summed E-state index contributed by atoms with van der Waals surface area (Å²) in [6, 6.07) is 4.56. The van der Waals surface area contributed by atoms with Crippen LogP contribution in [0.15, 0.2) is 18.2 Å². The predicted molar refractivity (Wildman–Crippen MR) is 78.6 cm³/mol. The van der Waals surface area contributed by atoms with E-state index >= 15 is 0 Å². The van der Waals surface area contributed by atoms with Gasteiger partial charge in [-0.15, -0.1) is 0 Å². The summed E-state index contributed by atoms with van der Waals surface area (Å²) in [6.45, 7) is 3.96. The Morgan fingerprint density at radius 2 is 2.19 bits per heavy atom. The average Bonchev–Trinajstić information content (AvgIpc) is 2.91. The Kier molecular flexibility index (Phi) is 4.73. The maximum atomic E-state index is 12.4. The number of ether oxygens (including phenoxy) is 1. The molecule has 1 amide bonds. The van der Waals surface area contributed by atoms with E-state index in [1.807, 2.05) is 13.0 Å². The lowest BCUT2D eigenvalue weighted by Crippen LogP contribution is -2.46. The van der Waals surface area contributed by atoms with Crippen LogP contribution in [0.5, 0.6) is 5.75 Å². The number of benzene rings is 1. The highest BCUT2D eigenvalue weighted by molar-refractivity contribution is 6.32. The molecule has 114 valence electrons. The zero-order valence-electron chi connectivity index (χ0n) is 12.0. The fourth-order valence-corrected chi connectivity index (χ4v) is 2.62. The molecule has 1 fully saturated rings. The monoisotopic (exact) mass is 311 g/mol. The molecule has 1 aromatic carbocycles. The number of carboxylic acid groups (broad SMARTS) is 1. The molecule has 5 nitrogen and oxygen atoms in total. The summed E-state index contributed by atoms with van der Waals surface area (Å²) in [4.78, 5) is 24.9. The fraction of sp³-hybridized carbons (Fsp3) is 0.467. The van der Waals surface area contributed by atoms with Crippen LogP contribution < -0.4 is 4.74 Å². The van der Waals surface area contributed by atoms with Gasteiger partial charge in [0.15, 0.2) is 6.10 Å². The van der Waals surface area contributed by atoms with E-state index < -0.39 is 18.1 Å². The van der Waals surface area contributed by atoms with Crippen molar-refractivity contribution in [2.45, 2.75) is 38.8 Å². The lowest BCUT2D eigenvalue weighted by molar-refractivity contribution is -0.150.